The number of nitrogens with zero attached hydrogens (tertiary/aromatic N) is 5. The molecule has 0 aromatic carbocycles. The maximum absolute atomic E-state index is 12.3. The van der Waals surface area contributed by atoms with Crippen LogP contribution >= 0.6 is 11.3 Å². The van der Waals surface area contributed by atoms with Gasteiger partial charge in [-0.3, -0.25) is 9.48 Å². The molecule has 0 radical (unpaired) electrons. The highest BCUT2D eigenvalue weighted by Crippen LogP contribution is 2.37. The van der Waals surface area contributed by atoms with Crippen LogP contribution in [0.4, 0.5) is 5.82 Å². The molecule has 3 aromatic heterocycles. The molecule has 8 heteroatoms. The van der Waals surface area contributed by atoms with Crippen LogP contribution in [0.25, 0.3) is 10.2 Å². The van der Waals surface area contributed by atoms with Gasteiger partial charge >= 0.3 is 0 Å². The molecule has 0 unspecified atom stereocenters. The number of amides is 1. The first-order valence-corrected chi connectivity index (χ1v) is 9.67. The minimum absolute atomic E-state index is 0.0362. The van der Waals surface area contributed by atoms with Crippen molar-refractivity contribution in [2.75, 3.05) is 18.9 Å². The van der Waals surface area contributed by atoms with E-state index in [0.717, 1.165) is 33.8 Å². The van der Waals surface area contributed by atoms with Crippen molar-refractivity contribution in [3.8, 4) is 0 Å². The maximum atomic E-state index is 12.3. The van der Waals surface area contributed by atoms with Gasteiger partial charge in [-0.25, -0.2) is 9.97 Å². The van der Waals surface area contributed by atoms with Crippen molar-refractivity contribution < 1.29 is 4.79 Å². The Hall–Kier alpha value is -2.48. The molecule has 4 rings (SSSR count). The first-order valence-electron chi connectivity index (χ1n) is 8.79. The highest BCUT2D eigenvalue weighted by atomic mass is 32.1. The lowest BCUT2D eigenvalue weighted by molar-refractivity contribution is -0.127. The van der Waals surface area contributed by atoms with Crippen LogP contribution in [-0.4, -0.2) is 44.1 Å². The summed E-state index contributed by atoms with van der Waals surface area (Å²) in [5, 5.41) is 10.8. The number of likely N-dealkylation sites (tertiary alicyclic amines) is 1. The molecule has 0 saturated carbocycles. The molecule has 7 nitrogen and oxygen atoms in total. The van der Waals surface area contributed by atoms with Gasteiger partial charge in [-0.15, -0.1) is 11.3 Å². The SMILES string of the molecule is CCc1nc(NC[C@@H]2CC(=O)N(C)[C@H]2c2cnn(C)c2)c2ccsc2n1. The number of nitrogens with one attached hydrogen (secondary N) is 1. The molecule has 1 fully saturated rings. The summed E-state index contributed by atoms with van der Waals surface area (Å²) < 4.78 is 1.78. The van der Waals surface area contributed by atoms with Crippen molar-refractivity contribution in [2.24, 2.45) is 13.0 Å². The van der Waals surface area contributed by atoms with Crippen LogP contribution in [0.3, 0.4) is 0 Å². The molecule has 1 aliphatic heterocycles. The topological polar surface area (TPSA) is 75.9 Å². The number of aryl methyl sites for hydroxylation is 2. The molecular weight excluding hydrogens is 348 g/mol. The lowest BCUT2D eigenvalue weighted by atomic mass is 9.95. The molecule has 4 heterocycles. The summed E-state index contributed by atoms with van der Waals surface area (Å²) in [5.74, 6) is 2.04. The standard InChI is InChI=1S/C18H22N6OS/c1-4-14-21-17(13-5-6-26-18(13)22-14)19-8-11-7-15(25)24(3)16(11)12-9-20-23(2)10-12/h5-6,9-11,16H,4,7-8H2,1-3H3,(H,19,21,22)/t11-,16+/m0/s1. The molecule has 2 atom stereocenters. The molecule has 26 heavy (non-hydrogen) atoms. The number of aromatic nitrogens is 4. The Kier molecular flexibility index (Phi) is 4.36. The van der Waals surface area contributed by atoms with Gasteiger partial charge in [0.15, 0.2) is 0 Å². The van der Waals surface area contributed by atoms with Gasteiger partial charge in [-0.2, -0.15) is 5.10 Å². The highest BCUT2D eigenvalue weighted by Gasteiger charge is 2.39. The van der Waals surface area contributed by atoms with E-state index in [2.05, 4.69) is 27.3 Å². The first-order chi connectivity index (χ1) is 12.6. The van der Waals surface area contributed by atoms with E-state index in [0.29, 0.717) is 13.0 Å². The predicted molar refractivity (Wildman–Crippen MR) is 102 cm³/mol. The Bertz CT molecular complexity index is 948. The summed E-state index contributed by atoms with van der Waals surface area (Å²) >= 11 is 1.63. The second-order valence-corrected chi connectivity index (χ2v) is 7.62. The number of anilines is 1. The van der Waals surface area contributed by atoms with Crippen LogP contribution in [0, 0.1) is 5.92 Å². The Morgan fingerprint density at radius 3 is 2.92 bits per heavy atom. The van der Waals surface area contributed by atoms with E-state index < -0.39 is 0 Å². The third-order valence-corrected chi connectivity index (χ3v) is 5.79. The monoisotopic (exact) mass is 370 g/mol. The molecule has 3 aromatic rings. The number of carbonyl (C=O) groups is 1. The van der Waals surface area contributed by atoms with Crippen LogP contribution in [0.2, 0.25) is 0 Å². The number of rotatable bonds is 5. The molecule has 1 saturated heterocycles. The summed E-state index contributed by atoms with van der Waals surface area (Å²) in [7, 11) is 3.77. The summed E-state index contributed by atoms with van der Waals surface area (Å²) in [6.45, 7) is 2.74. The van der Waals surface area contributed by atoms with E-state index >= 15 is 0 Å². The van der Waals surface area contributed by atoms with E-state index in [-0.39, 0.29) is 17.9 Å². The Balaban J connectivity index is 1.58. The Morgan fingerprint density at radius 1 is 1.35 bits per heavy atom. The quantitative estimate of drug-likeness (QED) is 0.747. The summed E-state index contributed by atoms with van der Waals surface area (Å²) in [6, 6.07) is 2.08. The van der Waals surface area contributed by atoms with Crippen molar-refractivity contribution in [2.45, 2.75) is 25.8 Å². The first kappa shape index (κ1) is 17.0. The zero-order chi connectivity index (χ0) is 18.3. The van der Waals surface area contributed by atoms with Crippen molar-refractivity contribution >= 4 is 33.3 Å². The molecule has 0 bridgehead atoms. The van der Waals surface area contributed by atoms with Crippen LogP contribution in [0.5, 0.6) is 0 Å². The zero-order valence-corrected chi connectivity index (χ0v) is 16.0. The highest BCUT2D eigenvalue weighted by molar-refractivity contribution is 7.16. The van der Waals surface area contributed by atoms with Gasteiger partial charge in [-0.1, -0.05) is 6.92 Å². The third kappa shape index (κ3) is 2.94. The van der Waals surface area contributed by atoms with E-state index in [4.69, 9.17) is 0 Å². The summed E-state index contributed by atoms with van der Waals surface area (Å²) in [6.07, 6.45) is 5.17. The lowest BCUT2D eigenvalue weighted by Crippen LogP contribution is -2.26. The maximum Gasteiger partial charge on any atom is 0.223 e. The molecular formula is C18H22N6OS. The van der Waals surface area contributed by atoms with Gasteiger partial charge in [0.25, 0.3) is 0 Å². The van der Waals surface area contributed by atoms with Crippen molar-refractivity contribution in [1.82, 2.24) is 24.6 Å². The predicted octanol–water partition coefficient (Wildman–Crippen LogP) is 2.62. The molecule has 1 amide bonds. The van der Waals surface area contributed by atoms with Gasteiger partial charge in [0.2, 0.25) is 5.91 Å². The Morgan fingerprint density at radius 2 is 2.19 bits per heavy atom. The largest absolute Gasteiger partial charge is 0.369 e. The second kappa shape index (κ2) is 6.68. The third-order valence-electron chi connectivity index (χ3n) is 4.98. The van der Waals surface area contributed by atoms with Crippen LogP contribution in [0.1, 0.15) is 30.8 Å². The minimum atomic E-state index is 0.0362. The fraction of sp³-hybridized carbons (Fsp3) is 0.444. The molecule has 0 spiro atoms. The molecule has 1 aliphatic rings. The average Bonchev–Trinajstić information content (AvgIpc) is 3.33. The molecule has 1 N–H and O–H groups in total. The minimum Gasteiger partial charge on any atom is -0.369 e. The van der Waals surface area contributed by atoms with Crippen LogP contribution in [-0.2, 0) is 18.3 Å². The van der Waals surface area contributed by atoms with E-state index in [1.807, 2.05) is 42.8 Å². The lowest BCUT2D eigenvalue weighted by Gasteiger charge is -2.24. The van der Waals surface area contributed by atoms with Gasteiger partial charge in [0.05, 0.1) is 17.6 Å². The van der Waals surface area contributed by atoms with E-state index in [9.17, 15) is 4.79 Å². The van der Waals surface area contributed by atoms with E-state index in [1.165, 1.54) is 0 Å². The van der Waals surface area contributed by atoms with Crippen LogP contribution in [0.15, 0.2) is 23.8 Å². The summed E-state index contributed by atoms with van der Waals surface area (Å²) in [4.78, 5) is 24.4. The molecule has 0 aliphatic carbocycles. The fourth-order valence-corrected chi connectivity index (χ4v) is 4.43. The number of thiophene rings is 1. The van der Waals surface area contributed by atoms with Gasteiger partial charge in [-0.05, 0) is 11.4 Å². The second-order valence-electron chi connectivity index (χ2n) is 6.72. The Labute approximate surface area is 156 Å². The zero-order valence-electron chi connectivity index (χ0n) is 15.1. The fourth-order valence-electron chi connectivity index (χ4n) is 3.64. The van der Waals surface area contributed by atoms with Crippen LogP contribution < -0.4 is 5.32 Å². The van der Waals surface area contributed by atoms with Crippen molar-refractivity contribution in [1.29, 1.82) is 0 Å². The van der Waals surface area contributed by atoms with Gasteiger partial charge in [0, 0.05) is 51.2 Å². The van der Waals surface area contributed by atoms with Gasteiger partial charge < -0.3 is 10.2 Å². The average molecular weight is 370 g/mol. The van der Waals surface area contributed by atoms with Gasteiger partial charge in [0.1, 0.15) is 16.5 Å². The smallest absolute Gasteiger partial charge is 0.223 e. The van der Waals surface area contributed by atoms with E-state index in [1.54, 1.807) is 16.0 Å². The number of carbonyl (C=O) groups excluding carboxylic acids is 1. The molecule has 136 valence electrons. The summed E-state index contributed by atoms with van der Waals surface area (Å²) in [5.41, 5.74) is 1.07. The normalized spacial score (nSPS) is 20.3. The number of hydrogen-bond donors (Lipinski definition) is 1. The number of hydrogen-bond acceptors (Lipinski definition) is 6. The number of fused-ring (bicyclic) bond motifs is 1. The van der Waals surface area contributed by atoms with Crippen molar-refractivity contribution in [3.63, 3.8) is 0 Å². The van der Waals surface area contributed by atoms with Crippen molar-refractivity contribution in [3.05, 3.63) is 35.2 Å².